The maximum Gasteiger partial charge on any atom is 0.307 e. The maximum atomic E-state index is 11.5. The minimum atomic E-state index is -0.367. The summed E-state index contributed by atoms with van der Waals surface area (Å²) in [4.78, 5) is 11.5. The van der Waals surface area contributed by atoms with Gasteiger partial charge in [-0.3, -0.25) is 4.79 Å². The van der Waals surface area contributed by atoms with Gasteiger partial charge < -0.3 is 10.1 Å². The number of hydrogen-bond acceptors (Lipinski definition) is 3. The van der Waals surface area contributed by atoms with E-state index < -0.39 is 0 Å². The van der Waals surface area contributed by atoms with E-state index >= 15 is 0 Å². The van der Waals surface area contributed by atoms with Crippen LogP contribution in [0.4, 0.5) is 0 Å². The van der Waals surface area contributed by atoms with Crippen LogP contribution in [-0.2, 0) is 9.53 Å². The first-order valence-electron chi connectivity index (χ1n) is 6.28. The van der Waals surface area contributed by atoms with Gasteiger partial charge in [0, 0.05) is 12.1 Å². The fourth-order valence-electron chi connectivity index (χ4n) is 2.19. The Morgan fingerprint density at radius 3 is 2.38 bits per heavy atom. The van der Waals surface area contributed by atoms with Crippen molar-refractivity contribution in [2.75, 3.05) is 6.54 Å². The van der Waals surface area contributed by atoms with E-state index in [1.54, 1.807) is 0 Å². The van der Waals surface area contributed by atoms with Crippen LogP contribution in [0.1, 0.15) is 59.8 Å². The van der Waals surface area contributed by atoms with E-state index in [0.717, 1.165) is 6.54 Å². The Kier molecular flexibility index (Phi) is 4.36. The number of ether oxygens (including phenoxy) is 1. The molecule has 0 atom stereocenters. The van der Waals surface area contributed by atoms with E-state index in [2.05, 4.69) is 12.2 Å². The fraction of sp³-hybridized carbons (Fsp3) is 0.923. The summed E-state index contributed by atoms with van der Waals surface area (Å²) in [6, 6.07) is 0. The second-order valence-corrected chi connectivity index (χ2v) is 6.03. The van der Waals surface area contributed by atoms with E-state index in [-0.39, 0.29) is 17.1 Å². The van der Waals surface area contributed by atoms with Crippen LogP contribution in [0, 0.1) is 0 Å². The molecule has 0 amide bonds. The van der Waals surface area contributed by atoms with Gasteiger partial charge in [-0.05, 0) is 40.5 Å². The molecule has 3 heteroatoms. The van der Waals surface area contributed by atoms with Crippen molar-refractivity contribution in [3.8, 4) is 0 Å². The largest absolute Gasteiger partial charge is 0.460 e. The standard InChI is InChI=1S/C13H25NO2/c1-12(2,3)16-11(15)7-10-14-13(4)8-5-6-9-13/h14H,5-10H2,1-4H3. The number of esters is 1. The number of carbonyl (C=O) groups excluding carboxylic acids is 1. The van der Waals surface area contributed by atoms with Gasteiger partial charge in [-0.25, -0.2) is 0 Å². The van der Waals surface area contributed by atoms with E-state index in [0.29, 0.717) is 6.42 Å². The molecule has 0 aromatic rings. The summed E-state index contributed by atoms with van der Waals surface area (Å²) < 4.78 is 5.26. The first-order valence-corrected chi connectivity index (χ1v) is 6.28. The lowest BCUT2D eigenvalue weighted by Crippen LogP contribution is -2.41. The minimum Gasteiger partial charge on any atom is -0.460 e. The molecule has 0 aliphatic heterocycles. The molecule has 0 unspecified atom stereocenters. The molecule has 1 N–H and O–H groups in total. The molecule has 0 spiro atoms. The van der Waals surface area contributed by atoms with Gasteiger partial charge in [0.15, 0.2) is 0 Å². The van der Waals surface area contributed by atoms with Crippen molar-refractivity contribution < 1.29 is 9.53 Å². The number of rotatable bonds is 4. The topological polar surface area (TPSA) is 38.3 Å². The molecule has 0 bridgehead atoms. The minimum absolute atomic E-state index is 0.110. The van der Waals surface area contributed by atoms with Gasteiger partial charge in [0.25, 0.3) is 0 Å². The van der Waals surface area contributed by atoms with Crippen molar-refractivity contribution in [1.82, 2.24) is 5.32 Å². The second kappa shape index (κ2) is 5.17. The molecule has 0 heterocycles. The summed E-state index contributed by atoms with van der Waals surface area (Å²) in [6.07, 6.45) is 5.52. The Morgan fingerprint density at radius 1 is 1.31 bits per heavy atom. The summed E-state index contributed by atoms with van der Waals surface area (Å²) >= 11 is 0. The van der Waals surface area contributed by atoms with Crippen molar-refractivity contribution in [1.29, 1.82) is 0 Å². The average molecular weight is 227 g/mol. The van der Waals surface area contributed by atoms with Crippen LogP contribution < -0.4 is 5.32 Å². The molecule has 1 aliphatic carbocycles. The first kappa shape index (κ1) is 13.5. The van der Waals surface area contributed by atoms with E-state index in [1.807, 2.05) is 20.8 Å². The van der Waals surface area contributed by atoms with Gasteiger partial charge >= 0.3 is 5.97 Å². The lowest BCUT2D eigenvalue weighted by molar-refractivity contribution is -0.154. The zero-order chi connectivity index (χ0) is 12.2. The third kappa shape index (κ3) is 4.97. The van der Waals surface area contributed by atoms with Crippen LogP contribution >= 0.6 is 0 Å². The predicted octanol–water partition coefficient (Wildman–Crippen LogP) is 2.64. The SMILES string of the molecule is CC1(NCCC(=O)OC(C)(C)C)CCCC1. The monoisotopic (exact) mass is 227 g/mol. The normalized spacial score (nSPS) is 19.8. The number of hydrogen-bond donors (Lipinski definition) is 1. The Morgan fingerprint density at radius 2 is 1.88 bits per heavy atom. The molecule has 3 nitrogen and oxygen atoms in total. The van der Waals surface area contributed by atoms with Gasteiger partial charge in [0.05, 0.1) is 6.42 Å². The van der Waals surface area contributed by atoms with Crippen LogP contribution in [0.15, 0.2) is 0 Å². The molecule has 0 radical (unpaired) electrons. The van der Waals surface area contributed by atoms with Crippen LogP contribution in [-0.4, -0.2) is 23.7 Å². The molecular weight excluding hydrogens is 202 g/mol. The lowest BCUT2D eigenvalue weighted by atomic mass is 10.0. The Balaban J connectivity index is 2.18. The van der Waals surface area contributed by atoms with Gasteiger partial charge in [-0.15, -0.1) is 0 Å². The van der Waals surface area contributed by atoms with Gasteiger partial charge in [0.2, 0.25) is 0 Å². The number of carbonyl (C=O) groups is 1. The van der Waals surface area contributed by atoms with Crippen molar-refractivity contribution in [2.45, 2.75) is 70.9 Å². The second-order valence-electron chi connectivity index (χ2n) is 6.03. The van der Waals surface area contributed by atoms with Crippen molar-refractivity contribution in [3.05, 3.63) is 0 Å². The van der Waals surface area contributed by atoms with Gasteiger partial charge in [-0.2, -0.15) is 0 Å². The fourth-order valence-corrected chi connectivity index (χ4v) is 2.19. The van der Waals surface area contributed by atoms with Crippen molar-refractivity contribution in [2.24, 2.45) is 0 Å². The van der Waals surface area contributed by atoms with E-state index in [1.165, 1.54) is 25.7 Å². The molecule has 1 fully saturated rings. The quantitative estimate of drug-likeness (QED) is 0.750. The third-order valence-electron chi connectivity index (χ3n) is 3.01. The molecule has 1 rings (SSSR count). The van der Waals surface area contributed by atoms with Gasteiger partial charge in [-0.1, -0.05) is 12.8 Å². The molecule has 94 valence electrons. The van der Waals surface area contributed by atoms with Gasteiger partial charge in [0.1, 0.15) is 5.60 Å². The van der Waals surface area contributed by atoms with Crippen LogP contribution in [0.25, 0.3) is 0 Å². The van der Waals surface area contributed by atoms with Crippen molar-refractivity contribution in [3.63, 3.8) is 0 Å². The van der Waals surface area contributed by atoms with Crippen molar-refractivity contribution >= 4 is 5.97 Å². The van der Waals surface area contributed by atoms with Crippen LogP contribution in [0.2, 0.25) is 0 Å². The predicted molar refractivity (Wildman–Crippen MR) is 65.3 cm³/mol. The molecular formula is C13H25NO2. The Labute approximate surface area is 98.9 Å². The molecule has 0 saturated heterocycles. The smallest absolute Gasteiger partial charge is 0.307 e. The average Bonchev–Trinajstić information content (AvgIpc) is 2.49. The van der Waals surface area contributed by atoms with E-state index in [9.17, 15) is 4.79 Å². The lowest BCUT2D eigenvalue weighted by Gasteiger charge is -2.25. The molecule has 1 aliphatic rings. The third-order valence-corrected chi connectivity index (χ3v) is 3.01. The highest BCUT2D eigenvalue weighted by Crippen LogP contribution is 2.28. The molecule has 0 aromatic carbocycles. The highest BCUT2D eigenvalue weighted by Gasteiger charge is 2.27. The summed E-state index contributed by atoms with van der Waals surface area (Å²) in [5.74, 6) is -0.110. The highest BCUT2D eigenvalue weighted by molar-refractivity contribution is 5.70. The highest BCUT2D eigenvalue weighted by atomic mass is 16.6. The summed E-state index contributed by atoms with van der Waals surface area (Å²) in [6.45, 7) is 8.67. The maximum absolute atomic E-state index is 11.5. The molecule has 1 saturated carbocycles. The number of nitrogens with one attached hydrogen (secondary N) is 1. The molecule has 0 aromatic heterocycles. The molecule has 16 heavy (non-hydrogen) atoms. The van der Waals surface area contributed by atoms with Crippen LogP contribution in [0.3, 0.4) is 0 Å². The summed E-state index contributed by atoms with van der Waals surface area (Å²) in [5, 5.41) is 3.47. The zero-order valence-corrected chi connectivity index (χ0v) is 11.1. The van der Waals surface area contributed by atoms with Crippen LogP contribution in [0.5, 0.6) is 0 Å². The Bertz CT molecular complexity index is 237. The Hall–Kier alpha value is -0.570. The summed E-state index contributed by atoms with van der Waals surface area (Å²) in [5.41, 5.74) is -0.115. The summed E-state index contributed by atoms with van der Waals surface area (Å²) in [7, 11) is 0. The first-order chi connectivity index (χ1) is 7.31. The van der Waals surface area contributed by atoms with E-state index in [4.69, 9.17) is 4.74 Å². The zero-order valence-electron chi connectivity index (χ0n) is 11.1.